The molecule has 0 unspecified atom stereocenters. The number of hydrogen-bond donors (Lipinski definition) is 1. The van der Waals surface area contributed by atoms with E-state index in [9.17, 15) is 14.0 Å². The number of imide groups is 1. The van der Waals surface area contributed by atoms with Crippen LogP contribution < -0.4 is 10.2 Å². The summed E-state index contributed by atoms with van der Waals surface area (Å²) in [6.45, 7) is -0.144. The summed E-state index contributed by atoms with van der Waals surface area (Å²) in [6.07, 6.45) is 1.41. The summed E-state index contributed by atoms with van der Waals surface area (Å²) in [6, 6.07) is 1.24. The maximum Gasteiger partial charge on any atom is 0.246 e. The van der Waals surface area contributed by atoms with Gasteiger partial charge in [0, 0.05) is 10.7 Å². The predicted molar refractivity (Wildman–Crippen MR) is 57.3 cm³/mol. The summed E-state index contributed by atoms with van der Waals surface area (Å²) in [4.78, 5) is 27.3. The van der Waals surface area contributed by atoms with Gasteiger partial charge in [-0.05, 0) is 22.0 Å². The lowest BCUT2D eigenvalue weighted by Gasteiger charge is -2.26. The summed E-state index contributed by atoms with van der Waals surface area (Å²) in [5, 5.41) is 2.13. The van der Waals surface area contributed by atoms with E-state index in [0.717, 1.165) is 0 Å². The molecule has 16 heavy (non-hydrogen) atoms. The second-order valence-electron chi connectivity index (χ2n) is 3.29. The normalized spacial score (nSPS) is 16.2. The fourth-order valence-corrected chi connectivity index (χ4v) is 1.73. The molecule has 0 saturated carbocycles. The Morgan fingerprint density at radius 2 is 2.00 bits per heavy atom. The van der Waals surface area contributed by atoms with E-state index in [1.54, 1.807) is 0 Å². The van der Waals surface area contributed by atoms with Crippen molar-refractivity contribution in [3.63, 3.8) is 0 Å². The largest absolute Gasteiger partial charge is 0.336 e. The molecule has 0 aliphatic carbocycles. The number of carbonyl (C=O) groups is 2. The van der Waals surface area contributed by atoms with Crippen LogP contribution >= 0.6 is 15.9 Å². The second-order valence-corrected chi connectivity index (χ2v) is 4.20. The zero-order valence-corrected chi connectivity index (χ0v) is 9.62. The van der Waals surface area contributed by atoms with E-state index in [1.165, 1.54) is 17.2 Å². The van der Waals surface area contributed by atoms with Gasteiger partial charge in [0.1, 0.15) is 0 Å². The van der Waals surface area contributed by atoms with Gasteiger partial charge in [-0.2, -0.15) is 0 Å². The van der Waals surface area contributed by atoms with Gasteiger partial charge in [-0.25, -0.2) is 9.37 Å². The molecule has 7 heteroatoms. The van der Waals surface area contributed by atoms with Crippen LogP contribution in [0.1, 0.15) is 0 Å². The molecule has 84 valence electrons. The number of hydrogen-bond acceptors (Lipinski definition) is 4. The van der Waals surface area contributed by atoms with E-state index in [0.29, 0.717) is 4.47 Å². The lowest BCUT2D eigenvalue weighted by molar-refractivity contribution is -0.130. The summed E-state index contributed by atoms with van der Waals surface area (Å²) in [5.74, 6) is -1.48. The second kappa shape index (κ2) is 4.17. The molecule has 1 N–H and O–H groups in total. The van der Waals surface area contributed by atoms with Gasteiger partial charge >= 0.3 is 0 Å². The number of nitrogens with one attached hydrogen (secondary N) is 1. The SMILES string of the molecule is O=C1CN(c2ncc(Br)cc2F)CC(=O)N1. The van der Waals surface area contributed by atoms with E-state index < -0.39 is 17.6 Å². The molecular weight excluding hydrogens is 281 g/mol. The summed E-state index contributed by atoms with van der Waals surface area (Å²) in [5.41, 5.74) is 0. The highest BCUT2D eigenvalue weighted by molar-refractivity contribution is 9.10. The van der Waals surface area contributed by atoms with Gasteiger partial charge in [0.15, 0.2) is 11.6 Å². The summed E-state index contributed by atoms with van der Waals surface area (Å²) < 4.78 is 14.0. The molecule has 1 fully saturated rings. The number of nitrogens with zero attached hydrogens (tertiary/aromatic N) is 2. The first-order valence-corrected chi connectivity index (χ1v) is 5.24. The molecule has 2 rings (SSSR count). The van der Waals surface area contributed by atoms with Crippen molar-refractivity contribution in [2.24, 2.45) is 0 Å². The molecule has 2 heterocycles. The van der Waals surface area contributed by atoms with Gasteiger partial charge in [-0.1, -0.05) is 0 Å². The lowest BCUT2D eigenvalue weighted by atomic mass is 10.3. The molecule has 0 radical (unpaired) electrons. The molecule has 1 aromatic heterocycles. The van der Waals surface area contributed by atoms with Gasteiger partial charge in [-0.3, -0.25) is 14.9 Å². The molecule has 5 nitrogen and oxygen atoms in total. The van der Waals surface area contributed by atoms with Crippen LogP contribution in [0.3, 0.4) is 0 Å². The summed E-state index contributed by atoms with van der Waals surface area (Å²) >= 11 is 3.08. The van der Waals surface area contributed by atoms with Crippen LogP contribution in [-0.2, 0) is 9.59 Å². The third kappa shape index (κ3) is 2.19. The highest BCUT2D eigenvalue weighted by Crippen LogP contribution is 2.20. The number of amides is 2. The molecular formula is C9H7BrFN3O2. The Balaban J connectivity index is 2.29. The third-order valence-corrected chi connectivity index (χ3v) is 2.47. The van der Waals surface area contributed by atoms with E-state index in [4.69, 9.17) is 0 Å². The average molecular weight is 288 g/mol. The van der Waals surface area contributed by atoms with E-state index in [-0.39, 0.29) is 18.9 Å². The first-order chi connectivity index (χ1) is 7.56. The number of piperazine rings is 1. The van der Waals surface area contributed by atoms with Crippen LogP contribution in [0.15, 0.2) is 16.7 Å². The fraction of sp³-hybridized carbons (Fsp3) is 0.222. The zero-order chi connectivity index (χ0) is 11.7. The Morgan fingerprint density at radius 1 is 1.38 bits per heavy atom. The molecule has 0 spiro atoms. The van der Waals surface area contributed by atoms with Crippen molar-refractivity contribution in [2.45, 2.75) is 0 Å². The van der Waals surface area contributed by atoms with Crippen LogP contribution in [0, 0.1) is 5.82 Å². The van der Waals surface area contributed by atoms with Crippen LogP contribution in [0.2, 0.25) is 0 Å². The van der Waals surface area contributed by atoms with Crippen LogP contribution in [0.5, 0.6) is 0 Å². The first kappa shape index (κ1) is 11.0. The smallest absolute Gasteiger partial charge is 0.246 e. The Labute approximate surface area is 98.8 Å². The van der Waals surface area contributed by atoms with Gasteiger partial charge in [0.05, 0.1) is 13.1 Å². The number of carbonyl (C=O) groups excluding carboxylic acids is 2. The van der Waals surface area contributed by atoms with Crippen LogP contribution in [0.25, 0.3) is 0 Å². The molecule has 1 saturated heterocycles. The Kier molecular flexibility index (Phi) is 2.86. The Morgan fingerprint density at radius 3 is 2.56 bits per heavy atom. The molecule has 1 aliphatic rings. The van der Waals surface area contributed by atoms with Crippen molar-refractivity contribution < 1.29 is 14.0 Å². The molecule has 1 aliphatic heterocycles. The van der Waals surface area contributed by atoms with Crippen molar-refractivity contribution in [1.29, 1.82) is 0 Å². The zero-order valence-electron chi connectivity index (χ0n) is 8.04. The molecule has 2 amide bonds. The molecule has 0 bridgehead atoms. The minimum absolute atomic E-state index is 0.00593. The van der Waals surface area contributed by atoms with E-state index >= 15 is 0 Å². The summed E-state index contributed by atoms with van der Waals surface area (Å²) in [7, 11) is 0. The van der Waals surface area contributed by atoms with Crippen molar-refractivity contribution in [3.05, 3.63) is 22.6 Å². The fourth-order valence-electron chi connectivity index (χ4n) is 1.43. The topological polar surface area (TPSA) is 62.3 Å². The quantitative estimate of drug-likeness (QED) is 0.762. The van der Waals surface area contributed by atoms with Gasteiger partial charge < -0.3 is 4.90 Å². The van der Waals surface area contributed by atoms with Crippen molar-refractivity contribution >= 4 is 33.6 Å². The number of rotatable bonds is 1. The van der Waals surface area contributed by atoms with E-state index in [2.05, 4.69) is 26.2 Å². The monoisotopic (exact) mass is 287 g/mol. The number of anilines is 1. The highest BCUT2D eigenvalue weighted by Gasteiger charge is 2.25. The van der Waals surface area contributed by atoms with Crippen LogP contribution in [0.4, 0.5) is 10.2 Å². The standard InChI is InChI=1S/C9H7BrFN3O2/c10-5-1-6(11)9(12-2-5)14-3-7(15)13-8(16)4-14/h1-2H,3-4H2,(H,13,15,16). The predicted octanol–water partition coefficient (Wildman–Crippen LogP) is 0.446. The van der Waals surface area contributed by atoms with Gasteiger partial charge in [0.2, 0.25) is 11.8 Å². The minimum atomic E-state index is -0.572. The molecule has 0 aromatic carbocycles. The average Bonchev–Trinajstić information content (AvgIpc) is 2.15. The first-order valence-electron chi connectivity index (χ1n) is 4.45. The highest BCUT2D eigenvalue weighted by atomic mass is 79.9. The maximum absolute atomic E-state index is 13.5. The van der Waals surface area contributed by atoms with Crippen molar-refractivity contribution in [1.82, 2.24) is 10.3 Å². The van der Waals surface area contributed by atoms with Crippen molar-refractivity contribution in [3.8, 4) is 0 Å². The number of halogens is 2. The Hall–Kier alpha value is -1.50. The maximum atomic E-state index is 13.5. The van der Waals surface area contributed by atoms with Crippen LogP contribution in [-0.4, -0.2) is 29.9 Å². The molecule has 1 aromatic rings. The third-order valence-electron chi connectivity index (χ3n) is 2.04. The lowest BCUT2D eigenvalue weighted by Crippen LogP contribution is -2.52. The number of pyridine rings is 1. The molecule has 0 atom stereocenters. The number of aromatic nitrogens is 1. The Bertz CT molecular complexity index is 450. The van der Waals surface area contributed by atoms with E-state index in [1.807, 2.05) is 0 Å². The van der Waals surface area contributed by atoms with Crippen molar-refractivity contribution in [2.75, 3.05) is 18.0 Å². The van der Waals surface area contributed by atoms with Gasteiger partial charge in [0.25, 0.3) is 0 Å². The van der Waals surface area contributed by atoms with Gasteiger partial charge in [-0.15, -0.1) is 0 Å². The minimum Gasteiger partial charge on any atom is -0.336 e.